The summed E-state index contributed by atoms with van der Waals surface area (Å²) in [5.41, 5.74) is 0. The van der Waals surface area contributed by atoms with Crippen molar-refractivity contribution in [3.8, 4) is 0 Å². The van der Waals surface area contributed by atoms with Crippen LogP contribution in [0.25, 0.3) is 0 Å². The van der Waals surface area contributed by atoms with Gasteiger partial charge in [0.15, 0.2) is 5.96 Å². The highest BCUT2D eigenvalue weighted by atomic mass is 32.2. The number of hydrogen-bond donors (Lipinski definition) is 1. The fourth-order valence-electron chi connectivity index (χ4n) is 2.73. The topological polar surface area (TPSA) is 105 Å². The van der Waals surface area contributed by atoms with Crippen LogP contribution < -0.4 is 5.32 Å². The van der Waals surface area contributed by atoms with E-state index in [4.69, 9.17) is 4.74 Å². The normalized spacial score (nSPS) is 16.9. The van der Waals surface area contributed by atoms with Gasteiger partial charge in [-0.05, 0) is 20.8 Å². The first-order valence-corrected chi connectivity index (χ1v) is 10.9. The van der Waals surface area contributed by atoms with Crippen LogP contribution in [0.15, 0.2) is 11.3 Å². The molecular formula is C16H31N7O3S. The van der Waals surface area contributed by atoms with E-state index in [1.807, 2.05) is 27.8 Å². The molecule has 0 atom stereocenters. The average Bonchev–Trinajstić information content (AvgIpc) is 3.03. The number of nitrogens with one attached hydrogen (secondary N) is 1. The Kier molecular flexibility index (Phi) is 7.99. The molecule has 27 heavy (non-hydrogen) atoms. The predicted molar refractivity (Wildman–Crippen MR) is 104 cm³/mol. The Morgan fingerprint density at radius 3 is 2.59 bits per heavy atom. The van der Waals surface area contributed by atoms with Crippen LogP contribution in [0, 0.1) is 0 Å². The Labute approximate surface area is 161 Å². The number of sulfonamides is 1. The van der Waals surface area contributed by atoms with E-state index in [0.717, 1.165) is 18.3 Å². The molecule has 0 aromatic carbocycles. The quantitative estimate of drug-likeness (QED) is 0.469. The molecule has 0 saturated carbocycles. The smallest absolute Gasteiger partial charge is 0.216 e. The van der Waals surface area contributed by atoms with E-state index in [0.29, 0.717) is 32.7 Å². The van der Waals surface area contributed by atoms with E-state index in [9.17, 15) is 8.42 Å². The fraction of sp³-hybridized carbons (Fsp3) is 0.812. The van der Waals surface area contributed by atoms with E-state index in [1.54, 1.807) is 8.99 Å². The summed E-state index contributed by atoms with van der Waals surface area (Å²) in [6, 6.07) is 0. The summed E-state index contributed by atoms with van der Waals surface area (Å²) in [7, 11) is -1.46. The summed E-state index contributed by atoms with van der Waals surface area (Å²) in [5, 5.41) is 7.31. The van der Waals surface area contributed by atoms with Crippen molar-refractivity contribution in [1.82, 2.24) is 29.3 Å². The second-order valence-corrected chi connectivity index (χ2v) is 8.68. The lowest BCUT2D eigenvalue weighted by atomic mass is 10.4. The van der Waals surface area contributed by atoms with Crippen LogP contribution in [0.5, 0.6) is 0 Å². The summed E-state index contributed by atoms with van der Waals surface area (Å²) in [4.78, 5) is 10.9. The maximum atomic E-state index is 12.5. The van der Waals surface area contributed by atoms with E-state index in [1.165, 1.54) is 6.33 Å². The minimum Gasteiger partial charge on any atom is -0.378 e. The first-order valence-electron chi connectivity index (χ1n) is 9.29. The number of aliphatic imine (C=N–C) groups is 1. The summed E-state index contributed by atoms with van der Waals surface area (Å²) in [6.45, 7) is 9.25. The largest absolute Gasteiger partial charge is 0.378 e. The van der Waals surface area contributed by atoms with Gasteiger partial charge in [-0.3, -0.25) is 4.68 Å². The minimum atomic E-state index is -3.29. The van der Waals surface area contributed by atoms with Crippen molar-refractivity contribution >= 4 is 16.0 Å². The number of hydrogen-bond acceptors (Lipinski definition) is 6. The van der Waals surface area contributed by atoms with Crippen LogP contribution in [0.2, 0.25) is 0 Å². The van der Waals surface area contributed by atoms with Gasteiger partial charge in [-0.2, -0.15) is 9.40 Å². The van der Waals surface area contributed by atoms with Crippen LogP contribution in [-0.4, -0.2) is 89.5 Å². The van der Waals surface area contributed by atoms with Crippen molar-refractivity contribution in [1.29, 1.82) is 0 Å². The maximum Gasteiger partial charge on any atom is 0.216 e. The molecule has 2 heterocycles. The Bertz CT molecular complexity index is 709. The van der Waals surface area contributed by atoms with E-state index < -0.39 is 10.0 Å². The molecule has 154 valence electrons. The second-order valence-electron chi connectivity index (χ2n) is 6.59. The number of ether oxygens (including phenoxy) is 1. The molecule has 1 saturated heterocycles. The van der Waals surface area contributed by atoms with Crippen molar-refractivity contribution in [2.45, 2.75) is 33.4 Å². The van der Waals surface area contributed by atoms with Crippen molar-refractivity contribution in [2.24, 2.45) is 12.0 Å². The zero-order chi connectivity index (χ0) is 19.9. The van der Waals surface area contributed by atoms with Gasteiger partial charge in [-0.1, -0.05) is 0 Å². The third-order valence-electron chi connectivity index (χ3n) is 4.23. The maximum absolute atomic E-state index is 12.5. The highest BCUT2D eigenvalue weighted by molar-refractivity contribution is 7.89. The molecule has 0 unspecified atom stereocenters. The summed E-state index contributed by atoms with van der Waals surface area (Å²) < 4.78 is 33.5. The Morgan fingerprint density at radius 1 is 1.33 bits per heavy atom. The predicted octanol–water partition coefficient (Wildman–Crippen LogP) is -0.347. The Balaban J connectivity index is 1.92. The molecule has 1 aliphatic rings. The molecule has 0 bridgehead atoms. The average molecular weight is 402 g/mol. The monoisotopic (exact) mass is 401 g/mol. The first kappa shape index (κ1) is 21.6. The van der Waals surface area contributed by atoms with Gasteiger partial charge in [0.1, 0.15) is 18.7 Å². The molecular weight excluding hydrogens is 370 g/mol. The molecule has 2 rings (SSSR count). The number of aromatic nitrogens is 3. The Morgan fingerprint density at radius 2 is 2.04 bits per heavy atom. The first-order chi connectivity index (χ1) is 12.8. The molecule has 11 heteroatoms. The molecule has 10 nitrogen and oxygen atoms in total. The molecule has 1 aromatic heterocycles. The van der Waals surface area contributed by atoms with Crippen molar-refractivity contribution in [3.63, 3.8) is 0 Å². The van der Waals surface area contributed by atoms with Crippen LogP contribution in [0.4, 0.5) is 0 Å². The molecule has 0 spiro atoms. The number of aryl methyl sites for hydroxylation is 1. The molecule has 0 radical (unpaired) electrons. The van der Waals surface area contributed by atoms with E-state index >= 15 is 0 Å². The summed E-state index contributed by atoms with van der Waals surface area (Å²) >= 11 is 0. The van der Waals surface area contributed by atoms with Crippen molar-refractivity contribution in [2.75, 3.05) is 45.1 Å². The number of piperazine rings is 1. The minimum absolute atomic E-state index is 0.0193. The van der Waals surface area contributed by atoms with Crippen LogP contribution in [0.3, 0.4) is 0 Å². The van der Waals surface area contributed by atoms with Crippen molar-refractivity contribution in [3.05, 3.63) is 12.2 Å². The molecule has 1 aromatic rings. The van der Waals surface area contributed by atoms with Gasteiger partial charge < -0.3 is 15.0 Å². The molecule has 0 amide bonds. The third-order valence-corrected chi connectivity index (χ3v) is 6.07. The van der Waals surface area contributed by atoms with Crippen LogP contribution >= 0.6 is 0 Å². The van der Waals surface area contributed by atoms with Gasteiger partial charge in [-0.25, -0.2) is 18.4 Å². The van der Waals surface area contributed by atoms with Gasteiger partial charge in [0.2, 0.25) is 10.0 Å². The zero-order valence-corrected chi connectivity index (χ0v) is 17.4. The van der Waals surface area contributed by atoms with Gasteiger partial charge in [-0.15, -0.1) is 0 Å². The highest BCUT2D eigenvalue weighted by Crippen LogP contribution is 2.09. The lowest BCUT2D eigenvalue weighted by Gasteiger charge is -2.35. The number of nitrogens with zero attached hydrogens (tertiary/aromatic N) is 6. The fourth-order valence-corrected chi connectivity index (χ4v) is 4.02. The van der Waals surface area contributed by atoms with Gasteiger partial charge >= 0.3 is 0 Å². The standard InChI is InChI=1S/C16H31N7O3S/c1-5-17-16(18-12-15-19-13-20-21(15)4)22-6-8-23(9-7-22)27(24,25)11-10-26-14(2)3/h13-14H,5-12H2,1-4H3,(H,17,18). The van der Waals surface area contributed by atoms with Gasteiger partial charge in [0, 0.05) is 39.8 Å². The SMILES string of the molecule is CCNC(=NCc1ncnn1C)N1CCN(S(=O)(=O)CCOC(C)C)CC1. The third kappa shape index (κ3) is 6.43. The lowest BCUT2D eigenvalue weighted by Crippen LogP contribution is -2.54. The number of guanidine groups is 1. The van der Waals surface area contributed by atoms with E-state index in [-0.39, 0.29) is 18.5 Å². The van der Waals surface area contributed by atoms with Crippen molar-refractivity contribution < 1.29 is 13.2 Å². The zero-order valence-electron chi connectivity index (χ0n) is 16.6. The molecule has 1 N–H and O–H groups in total. The van der Waals surface area contributed by atoms with E-state index in [2.05, 4.69) is 25.3 Å². The van der Waals surface area contributed by atoms with Crippen LogP contribution in [-0.2, 0) is 28.4 Å². The molecule has 1 fully saturated rings. The lowest BCUT2D eigenvalue weighted by molar-refractivity contribution is 0.0904. The molecule has 0 aliphatic carbocycles. The van der Waals surface area contributed by atoms with Gasteiger partial charge in [0.25, 0.3) is 0 Å². The molecule has 1 aliphatic heterocycles. The number of rotatable bonds is 8. The Hall–Kier alpha value is -1.72. The second kappa shape index (κ2) is 10.00. The summed E-state index contributed by atoms with van der Waals surface area (Å²) in [6.07, 6.45) is 1.54. The van der Waals surface area contributed by atoms with Crippen LogP contribution in [0.1, 0.15) is 26.6 Å². The highest BCUT2D eigenvalue weighted by Gasteiger charge is 2.28. The summed E-state index contributed by atoms with van der Waals surface area (Å²) in [5.74, 6) is 1.56. The van der Waals surface area contributed by atoms with Gasteiger partial charge in [0.05, 0.1) is 18.5 Å².